The minimum absolute atomic E-state index is 0.0581. The van der Waals surface area contributed by atoms with Crippen LogP contribution in [-0.4, -0.2) is 71.3 Å². The van der Waals surface area contributed by atoms with Crippen LogP contribution in [0.15, 0.2) is 29.6 Å². The molecule has 3 rings (SSSR count). The molecule has 200 valence electrons. The molecule has 9 nitrogen and oxygen atoms in total. The van der Waals surface area contributed by atoms with Crippen molar-refractivity contribution in [3.63, 3.8) is 0 Å². The van der Waals surface area contributed by atoms with E-state index in [-0.39, 0.29) is 48.5 Å². The van der Waals surface area contributed by atoms with Gasteiger partial charge in [-0.15, -0.1) is 11.3 Å². The summed E-state index contributed by atoms with van der Waals surface area (Å²) in [4.78, 5) is 58.1. The second kappa shape index (κ2) is 13.3. The number of benzene rings is 1. The Morgan fingerprint density at radius 3 is 2.46 bits per heavy atom. The number of nitrogens with zero attached hydrogens (tertiary/aromatic N) is 3. The number of hydrogen-bond donors (Lipinski definition) is 1. The van der Waals surface area contributed by atoms with Crippen LogP contribution in [0.2, 0.25) is 0 Å². The van der Waals surface area contributed by atoms with Gasteiger partial charge in [0.1, 0.15) is 6.54 Å². The van der Waals surface area contributed by atoms with E-state index in [9.17, 15) is 19.2 Å². The first-order valence-corrected chi connectivity index (χ1v) is 13.6. The molecule has 1 aliphatic heterocycles. The Hall–Kier alpha value is -3.27. The van der Waals surface area contributed by atoms with E-state index in [0.29, 0.717) is 55.5 Å². The lowest BCUT2D eigenvalue weighted by Crippen LogP contribution is -2.41. The van der Waals surface area contributed by atoms with Crippen LogP contribution < -0.4 is 5.32 Å². The third-order valence-corrected chi connectivity index (χ3v) is 6.91. The maximum atomic E-state index is 13.0. The molecular weight excluding hydrogens is 492 g/mol. The fraction of sp³-hybridized carbons (Fsp3) is 0.519. The topological polar surface area (TPSA) is 109 Å². The van der Waals surface area contributed by atoms with Gasteiger partial charge in [-0.2, -0.15) is 0 Å². The fourth-order valence-electron chi connectivity index (χ4n) is 4.21. The average molecular weight is 529 g/mol. The Bertz CT molecular complexity index is 1090. The molecule has 1 aliphatic rings. The number of aryl methyl sites for hydroxylation is 1. The lowest BCUT2D eigenvalue weighted by molar-refractivity contribution is -0.151. The van der Waals surface area contributed by atoms with E-state index >= 15 is 0 Å². The number of rotatable bonds is 10. The van der Waals surface area contributed by atoms with Crippen molar-refractivity contribution in [2.45, 2.75) is 47.0 Å². The first-order valence-electron chi connectivity index (χ1n) is 12.7. The van der Waals surface area contributed by atoms with Gasteiger partial charge in [0, 0.05) is 30.6 Å². The summed E-state index contributed by atoms with van der Waals surface area (Å²) < 4.78 is 5.08. The summed E-state index contributed by atoms with van der Waals surface area (Å²) in [5.74, 6) is -0.741. The Morgan fingerprint density at radius 1 is 1.16 bits per heavy atom. The second-order valence-electron chi connectivity index (χ2n) is 9.72. The van der Waals surface area contributed by atoms with Gasteiger partial charge in [-0.05, 0) is 44.7 Å². The molecule has 0 spiro atoms. The molecule has 1 saturated heterocycles. The molecule has 0 radical (unpaired) electrons. The van der Waals surface area contributed by atoms with Crippen molar-refractivity contribution < 1.29 is 23.9 Å². The number of likely N-dealkylation sites (tertiary alicyclic amines) is 1. The third-order valence-electron chi connectivity index (χ3n) is 6.10. The van der Waals surface area contributed by atoms with Crippen molar-refractivity contribution in [2.75, 3.05) is 38.1 Å². The number of thiazole rings is 1. The number of piperidine rings is 1. The molecule has 10 heteroatoms. The van der Waals surface area contributed by atoms with Crippen molar-refractivity contribution in [3.05, 3.63) is 46.5 Å². The lowest BCUT2D eigenvalue weighted by atomic mass is 9.97. The Kier molecular flexibility index (Phi) is 10.2. The Morgan fingerprint density at radius 2 is 1.84 bits per heavy atom. The summed E-state index contributed by atoms with van der Waals surface area (Å²) in [5.41, 5.74) is 2.18. The van der Waals surface area contributed by atoms with Crippen LogP contribution in [0.25, 0.3) is 0 Å². The zero-order chi connectivity index (χ0) is 26.9. The maximum Gasteiger partial charge on any atom is 0.309 e. The number of carbonyl (C=O) groups is 4. The van der Waals surface area contributed by atoms with E-state index in [1.165, 1.54) is 11.3 Å². The quantitative estimate of drug-likeness (QED) is 0.473. The van der Waals surface area contributed by atoms with E-state index in [1.807, 2.05) is 32.9 Å². The minimum Gasteiger partial charge on any atom is -0.466 e. The van der Waals surface area contributed by atoms with Gasteiger partial charge in [0.05, 0.1) is 24.6 Å². The highest BCUT2D eigenvalue weighted by atomic mass is 32.1. The third kappa shape index (κ3) is 8.38. The lowest BCUT2D eigenvalue weighted by Gasteiger charge is -2.30. The van der Waals surface area contributed by atoms with Crippen LogP contribution >= 0.6 is 11.3 Å². The van der Waals surface area contributed by atoms with Crippen LogP contribution in [0.1, 0.15) is 55.2 Å². The number of anilines is 1. The molecule has 0 aliphatic carbocycles. The molecule has 1 fully saturated rings. The number of aromatic nitrogens is 1. The van der Waals surface area contributed by atoms with Crippen molar-refractivity contribution >= 4 is 40.2 Å². The SMILES string of the molecule is CCOC(=O)C1CCN(C(=O)Cc2csc(NC(=O)CN(CC(C)C)C(=O)c3ccc(C)cc3)n2)CC1. The smallest absolute Gasteiger partial charge is 0.309 e. The fourth-order valence-corrected chi connectivity index (χ4v) is 4.93. The molecule has 0 saturated carbocycles. The monoisotopic (exact) mass is 528 g/mol. The maximum absolute atomic E-state index is 13.0. The van der Waals surface area contributed by atoms with Gasteiger partial charge in [0.25, 0.3) is 5.91 Å². The van der Waals surface area contributed by atoms with Gasteiger partial charge in [0.2, 0.25) is 11.8 Å². The second-order valence-corrected chi connectivity index (χ2v) is 10.6. The molecular formula is C27H36N4O5S. The summed E-state index contributed by atoms with van der Waals surface area (Å²) in [5, 5.41) is 4.90. The molecule has 1 aromatic heterocycles. The first-order chi connectivity index (χ1) is 17.7. The predicted molar refractivity (Wildman–Crippen MR) is 142 cm³/mol. The summed E-state index contributed by atoms with van der Waals surface area (Å²) in [7, 11) is 0. The van der Waals surface area contributed by atoms with Crippen LogP contribution in [0.3, 0.4) is 0 Å². The molecule has 2 aromatic rings. The molecule has 0 unspecified atom stereocenters. The summed E-state index contributed by atoms with van der Waals surface area (Å²) in [6, 6.07) is 7.29. The standard InChI is InChI=1S/C27H36N4O5S/c1-5-36-26(35)21-10-12-30(13-11-21)24(33)14-22-17-37-27(28-22)29-23(32)16-31(15-18(2)3)25(34)20-8-6-19(4)7-9-20/h6-9,17-18,21H,5,10-16H2,1-4H3,(H,28,29,32). The van der Waals surface area contributed by atoms with Crippen molar-refractivity contribution in [1.29, 1.82) is 0 Å². The molecule has 1 N–H and O–H groups in total. The molecule has 0 atom stereocenters. The van der Waals surface area contributed by atoms with Crippen LogP contribution in [-0.2, 0) is 25.5 Å². The summed E-state index contributed by atoms with van der Waals surface area (Å²) in [6.07, 6.45) is 1.32. The van der Waals surface area contributed by atoms with Crippen molar-refractivity contribution in [1.82, 2.24) is 14.8 Å². The van der Waals surface area contributed by atoms with E-state index in [4.69, 9.17) is 4.74 Å². The number of ether oxygens (including phenoxy) is 1. The Balaban J connectivity index is 1.52. The molecule has 3 amide bonds. The van der Waals surface area contributed by atoms with Gasteiger partial charge in [0.15, 0.2) is 5.13 Å². The highest BCUT2D eigenvalue weighted by Gasteiger charge is 2.28. The van der Waals surface area contributed by atoms with Crippen LogP contribution in [0.5, 0.6) is 0 Å². The van der Waals surface area contributed by atoms with Crippen molar-refractivity contribution in [3.8, 4) is 0 Å². The normalized spacial score (nSPS) is 13.9. The number of carbonyl (C=O) groups excluding carboxylic acids is 4. The Labute approximate surface area is 222 Å². The van der Waals surface area contributed by atoms with E-state index < -0.39 is 0 Å². The summed E-state index contributed by atoms with van der Waals surface area (Å²) in [6.45, 7) is 9.48. The summed E-state index contributed by atoms with van der Waals surface area (Å²) >= 11 is 1.25. The zero-order valence-corrected chi connectivity index (χ0v) is 22.8. The largest absolute Gasteiger partial charge is 0.466 e. The van der Waals surface area contributed by atoms with Crippen LogP contribution in [0.4, 0.5) is 5.13 Å². The van der Waals surface area contributed by atoms with E-state index in [0.717, 1.165) is 5.56 Å². The number of nitrogens with one attached hydrogen (secondary N) is 1. The predicted octanol–water partition coefficient (Wildman–Crippen LogP) is 3.53. The highest BCUT2D eigenvalue weighted by Crippen LogP contribution is 2.21. The highest BCUT2D eigenvalue weighted by molar-refractivity contribution is 7.13. The van der Waals surface area contributed by atoms with Gasteiger partial charge in [-0.25, -0.2) is 4.98 Å². The van der Waals surface area contributed by atoms with Crippen molar-refractivity contribution in [2.24, 2.45) is 11.8 Å². The molecule has 1 aromatic carbocycles. The zero-order valence-electron chi connectivity index (χ0n) is 22.0. The molecule has 0 bridgehead atoms. The van der Waals surface area contributed by atoms with Gasteiger partial charge >= 0.3 is 5.97 Å². The number of esters is 1. The average Bonchev–Trinajstić information content (AvgIpc) is 3.29. The van der Waals surface area contributed by atoms with E-state index in [1.54, 1.807) is 34.2 Å². The number of amides is 3. The minimum atomic E-state index is -0.339. The first kappa shape index (κ1) is 28.3. The number of hydrogen-bond acceptors (Lipinski definition) is 7. The van der Waals surface area contributed by atoms with Gasteiger partial charge in [-0.3, -0.25) is 19.2 Å². The molecule has 2 heterocycles. The molecule has 37 heavy (non-hydrogen) atoms. The van der Waals surface area contributed by atoms with Crippen LogP contribution in [0, 0.1) is 18.8 Å². The van der Waals surface area contributed by atoms with Gasteiger partial charge < -0.3 is 19.9 Å². The van der Waals surface area contributed by atoms with E-state index in [2.05, 4.69) is 10.3 Å². The van der Waals surface area contributed by atoms with Gasteiger partial charge in [-0.1, -0.05) is 31.5 Å².